The van der Waals surface area contributed by atoms with E-state index < -0.39 is 0 Å². The average Bonchev–Trinajstić information content (AvgIpc) is 2.73. The van der Waals surface area contributed by atoms with Crippen molar-refractivity contribution in [2.24, 2.45) is 0 Å². The number of urea groups is 1. The molecule has 0 saturated carbocycles. The molecule has 1 aromatic heterocycles. The second-order valence-electron chi connectivity index (χ2n) is 3.84. The molecule has 1 aliphatic heterocycles. The first kappa shape index (κ1) is 11.4. The summed E-state index contributed by atoms with van der Waals surface area (Å²) in [5.74, 6) is 0. The molecule has 1 saturated heterocycles. The van der Waals surface area contributed by atoms with E-state index in [0.717, 1.165) is 0 Å². The van der Waals surface area contributed by atoms with Gasteiger partial charge in [-0.15, -0.1) is 0 Å². The number of nitrogens with one attached hydrogen (secondary N) is 1. The lowest BCUT2D eigenvalue weighted by atomic mass is 10.2. The van der Waals surface area contributed by atoms with Gasteiger partial charge in [-0.25, -0.2) is 4.79 Å². The van der Waals surface area contributed by atoms with Crippen LogP contribution in [0.15, 0.2) is 10.8 Å². The Morgan fingerprint density at radius 2 is 2.25 bits per heavy atom. The van der Waals surface area contributed by atoms with Crippen LogP contribution in [0.4, 0.5) is 4.79 Å². The number of ether oxygens (including phenoxy) is 1. The van der Waals surface area contributed by atoms with Gasteiger partial charge in [-0.05, 0) is 28.8 Å². The standard InChI is InChI=1S/C11H16N2O2S/c1-9-7-16-8-10(9)6-12-11(14)13-2-4-15-5-3-13/h7-8H,2-6H2,1H3,(H,12,14). The van der Waals surface area contributed by atoms with Crippen molar-refractivity contribution in [2.75, 3.05) is 26.3 Å². The summed E-state index contributed by atoms with van der Waals surface area (Å²) in [6.07, 6.45) is 0. The Bertz CT molecular complexity index is 359. The molecule has 2 rings (SSSR count). The molecule has 0 aliphatic carbocycles. The van der Waals surface area contributed by atoms with Gasteiger partial charge in [-0.1, -0.05) is 0 Å². The Labute approximate surface area is 99.2 Å². The highest BCUT2D eigenvalue weighted by Crippen LogP contribution is 2.13. The number of hydrogen-bond acceptors (Lipinski definition) is 3. The van der Waals surface area contributed by atoms with Gasteiger partial charge in [0.25, 0.3) is 0 Å². The number of amides is 2. The fourth-order valence-corrected chi connectivity index (χ4v) is 2.47. The molecular weight excluding hydrogens is 224 g/mol. The first-order valence-electron chi connectivity index (χ1n) is 5.39. The van der Waals surface area contributed by atoms with Crippen LogP contribution in [0.1, 0.15) is 11.1 Å². The summed E-state index contributed by atoms with van der Waals surface area (Å²) in [5, 5.41) is 7.11. The van der Waals surface area contributed by atoms with Gasteiger partial charge in [0.2, 0.25) is 0 Å². The fraction of sp³-hybridized carbons (Fsp3) is 0.545. The monoisotopic (exact) mass is 240 g/mol. The van der Waals surface area contributed by atoms with Crippen molar-refractivity contribution in [2.45, 2.75) is 13.5 Å². The van der Waals surface area contributed by atoms with Crippen LogP contribution in [-0.2, 0) is 11.3 Å². The molecule has 88 valence electrons. The SMILES string of the molecule is Cc1cscc1CNC(=O)N1CCOCC1. The van der Waals surface area contributed by atoms with Crippen molar-refractivity contribution < 1.29 is 9.53 Å². The zero-order valence-corrected chi connectivity index (χ0v) is 10.2. The molecule has 2 amide bonds. The van der Waals surface area contributed by atoms with Crippen LogP contribution in [0.2, 0.25) is 0 Å². The molecule has 0 atom stereocenters. The van der Waals surface area contributed by atoms with Crippen LogP contribution < -0.4 is 5.32 Å². The Balaban J connectivity index is 1.81. The van der Waals surface area contributed by atoms with Gasteiger partial charge in [0, 0.05) is 19.6 Å². The molecule has 16 heavy (non-hydrogen) atoms. The van der Waals surface area contributed by atoms with Gasteiger partial charge in [0.05, 0.1) is 13.2 Å². The number of aryl methyl sites for hydroxylation is 1. The van der Waals surface area contributed by atoms with Gasteiger partial charge in [0.15, 0.2) is 0 Å². The van der Waals surface area contributed by atoms with Crippen LogP contribution in [0.5, 0.6) is 0 Å². The van der Waals surface area contributed by atoms with Crippen molar-refractivity contribution in [3.63, 3.8) is 0 Å². The molecule has 0 radical (unpaired) electrons. The second kappa shape index (κ2) is 5.32. The van der Waals surface area contributed by atoms with Gasteiger partial charge in [0.1, 0.15) is 0 Å². The summed E-state index contributed by atoms with van der Waals surface area (Å²) < 4.78 is 5.20. The summed E-state index contributed by atoms with van der Waals surface area (Å²) in [4.78, 5) is 13.6. The molecule has 4 nitrogen and oxygen atoms in total. The van der Waals surface area contributed by atoms with E-state index in [0.29, 0.717) is 32.8 Å². The van der Waals surface area contributed by atoms with E-state index in [9.17, 15) is 4.79 Å². The minimum absolute atomic E-state index is 0.00824. The molecule has 2 heterocycles. The third-order valence-corrected chi connectivity index (χ3v) is 3.60. The molecule has 0 bridgehead atoms. The van der Waals surface area contributed by atoms with E-state index in [1.54, 1.807) is 16.2 Å². The van der Waals surface area contributed by atoms with E-state index in [1.807, 2.05) is 0 Å². The third kappa shape index (κ3) is 2.74. The van der Waals surface area contributed by atoms with E-state index >= 15 is 0 Å². The van der Waals surface area contributed by atoms with Crippen LogP contribution >= 0.6 is 11.3 Å². The highest BCUT2D eigenvalue weighted by atomic mass is 32.1. The summed E-state index contributed by atoms with van der Waals surface area (Å²) in [6, 6.07) is 0.00824. The summed E-state index contributed by atoms with van der Waals surface area (Å²) in [7, 11) is 0. The van der Waals surface area contributed by atoms with E-state index in [4.69, 9.17) is 4.74 Å². The van der Waals surface area contributed by atoms with Gasteiger partial charge >= 0.3 is 6.03 Å². The summed E-state index contributed by atoms with van der Waals surface area (Å²) >= 11 is 1.67. The smallest absolute Gasteiger partial charge is 0.317 e. The maximum absolute atomic E-state index is 11.8. The van der Waals surface area contributed by atoms with Gasteiger partial charge < -0.3 is 15.0 Å². The number of carbonyl (C=O) groups excluding carboxylic acids is 1. The molecule has 1 N–H and O–H groups in total. The molecule has 5 heteroatoms. The molecule has 0 aromatic carbocycles. The van der Waals surface area contributed by atoms with Gasteiger partial charge in [-0.2, -0.15) is 11.3 Å². The highest BCUT2D eigenvalue weighted by molar-refractivity contribution is 7.08. The number of hydrogen-bond donors (Lipinski definition) is 1. The summed E-state index contributed by atoms with van der Waals surface area (Å²) in [5.41, 5.74) is 2.44. The molecule has 1 aliphatic rings. The molecular formula is C11H16N2O2S. The zero-order chi connectivity index (χ0) is 11.4. The molecule has 1 fully saturated rings. The Morgan fingerprint density at radius 1 is 1.50 bits per heavy atom. The van der Waals surface area contributed by atoms with E-state index in [-0.39, 0.29) is 6.03 Å². The van der Waals surface area contributed by atoms with Crippen molar-refractivity contribution in [1.82, 2.24) is 10.2 Å². The maximum Gasteiger partial charge on any atom is 0.317 e. The number of rotatable bonds is 2. The lowest BCUT2D eigenvalue weighted by Crippen LogP contribution is -2.45. The lowest BCUT2D eigenvalue weighted by molar-refractivity contribution is 0.0531. The number of morpholine rings is 1. The fourth-order valence-electron chi connectivity index (χ4n) is 1.62. The van der Waals surface area contributed by atoms with Crippen LogP contribution in [0.3, 0.4) is 0 Å². The zero-order valence-electron chi connectivity index (χ0n) is 9.36. The molecule has 1 aromatic rings. The van der Waals surface area contributed by atoms with Crippen molar-refractivity contribution in [3.05, 3.63) is 21.9 Å². The average molecular weight is 240 g/mol. The van der Waals surface area contributed by atoms with Crippen LogP contribution in [0.25, 0.3) is 0 Å². The van der Waals surface area contributed by atoms with Crippen LogP contribution in [-0.4, -0.2) is 37.2 Å². The minimum Gasteiger partial charge on any atom is -0.378 e. The largest absolute Gasteiger partial charge is 0.378 e. The van der Waals surface area contributed by atoms with Crippen molar-refractivity contribution >= 4 is 17.4 Å². The Morgan fingerprint density at radius 3 is 2.88 bits per heavy atom. The lowest BCUT2D eigenvalue weighted by Gasteiger charge is -2.26. The van der Waals surface area contributed by atoms with E-state index in [2.05, 4.69) is 23.0 Å². The Kier molecular flexibility index (Phi) is 3.79. The summed E-state index contributed by atoms with van der Waals surface area (Å²) in [6.45, 7) is 5.34. The van der Waals surface area contributed by atoms with Crippen molar-refractivity contribution in [1.29, 1.82) is 0 Å². The predicted molar refractivity (Wildman–Crippen MR) is 63.7 cm³/mol. The maximum atomic E-state index is 11.8. The first-order chi connectivity index (χ1) is 7.77. The van der Waals surface area contributed by atoms with Crippen molar-refractivity contribution in [3.8, 4) is 0 Å². The predicted octanol–water partition coefficient (Wildman–Crippen LogP) is 1.60. The third-order valence-electron chi connectivity index (χ3n) is 2.69. The van der Waals surface area contributed by atoms with E-state index in [1.165, 1.54) is 11.1 Å². The minimum atomic E-state index is 0.00824. The highest BCUT2D eigenvalue weighted by Gasteiger charge is 2.16. The second-order valence-corrected chi connectivity index (χ2v) is 4.58. The number of nitrogens with zero attached hydrogens (tertiary/aromatic N) is 1. The van der Waals surface area contributed by atoms with Crippen LogP contribution in [0, 0.1) is 6.92 Å². The quantitative estimate of drug-likeness (QED) is 0.853. The van der Waals surface area contributed by atoms with Gasteiger partial charge in [-0.3, -0.25) is 0 Å². The number of carbonyl (C=O) groups is 1. The topological polar surface area (TPSA) is 41.6 Å². The normalized spacial score (nSPS) is 16.2. The first-order valence-corrected chi connectivity index (χ1v) is 6.34. The molecule has 0 spiro atoms. The number of thiophene rings is 1. The molecule has 0 unspecified atom stereocenters. The Hall–Kier alpha value is -1.07.